The molecule has 1 saturated carbocycles. The number of ketones is 1. The number of hydrogen-bond donors (Lipinski definition) is 0. The van der Waals surface area contributed by atoms with Gasteiger partial charge >= 0.3 is 0 Å². The average molecular weight is 268 g/mol. The standard InChI is InChI=1S/C19H24O/c1-4-16-9-7-15(12-17(16)5-2)8-10-18-13-19(20)11-6-14(18)3/h4-5,7,9,12,14,18H,1-2,6,8,10-11,13H2,3H3. The van der Waals surface area contributed by atoms with Crippen LogP contribution in [-0.4, -0.2) is 5.78 Å². The normalized spacial score (nSPS) is 22.6. The molecule has 1 aliphatic rings. The first-order valence-electron chi connectivity index (χ1n) is 7.53. The fraction of sp³-hybridized carbons (Fsp3) is 0.421. The SMILES string of the molecule is C=Cc1ccc(CCC2CC(=O)CCC2C)cc1C=C. The molecule has 0 N–H and O–H groups in total. The lowest BCUT2D eigenvalue weighted by atomic mass is 9.77. The van der Waals surface area contributed by atoms with E-state index in [0.29, 0.717) is 17.6 Å². The van der Waals surface area contributed by atoms with Gasteiger partial charge in [0.05, 0.1) is 0 Å². The molecule has 1 aromatic rings. The first-order valence-corrected chi connectivity index (χ1v) is 7.53. The molecule has 0 aliphatic heterocycles. The van der Waals surface area contributed by atoms with Crippen molar-refractivity contribution in [2.24, 2.45) is 11.8 Å². The summed E-state index contributed by atoms with van der Waals surface area (Å²) in [4.78, 5) is 11.6. The monoisotopic (exact) mass is 268 g/mol. The molecule has 0 spiro atoms. The maximum atomic E-state index is 11.6. The zero-order chi connectivity index (χ0) is 14.5. The lowest BCUT2D eigenvalue weighted by Crippen LogP contribution is -2.23. The van der Waals surface area contributed by atoms with Crippen LogP contribution in [-0.2, 0) is 11.2 Å². The second kappa shape index (κ2) is 6.69. The number of carbonyl (C=O) groups excluding carboxylic acids is 1. The van der Waals surface area contributed by atoms with Crippen LogP contribution in [0.1, 0.15) is 49.3 Å². The first kappa shape index (κ1) is 14.8. The summed E-state index contributed by atoms with van der Waals surface area (Å²) >= 11 is 0. The highest BCUT2D eigenvalue weighted by Crippen LogP contribution is 2.31. The summed E-state index contributed by atoms with van der Waals surface area (Å²) in [6.07, 6.45) is 8.52. The van der Waals surface area contributed by atoms with Crippen molar-refractivity contribution < 1.29 is 4.79 Å². The summed E-state index contributed by atoms with van der Waals surface area (Å²) in [5, 5.41) is 0. The highest BCUT2D eigenvalue weighted by atomic mass is 16.1. The molecule has 0 heterocycles. The van der Waals surface area contributed by atoms with Crippen molar-refractivity contribution in [1.82, 2.24) is 0 Å². The molecule has 1 aromatic carbocycles. The van der Waals surface area contributed by atoms with E-state index in [-0.39, 0.29) is 0 Å². The van der Waals surface area contributed by atoms with Crippen molar-refractivity contribution in [2.75, 3.05) is 0 Å². The molecule has 106 valence electrons. The number of benzene rings is 1. The van der Waals surface area contributed by atoms with Crippen LogP contribution in [0.15, 0.2) is 31.4 Å². The zero-order valence-electron chi connectivity index (χ0n) is 12.4. The minimum atomic E-state index is 0.446. The first-order chi connectivity index (χ1) is 9.63. The maximum absolute atomic E-state index is 11.6. The Labute approximate surface area is 122 Å². The number of rotatable bonds is 5. The summed E-state index contributed by atoms with van der Waals surface area (Å²) < 4.78 is 0. The van der Waals surface area contributed by atoms with Gasteiger partial charge in [0.25, 0.3) is 0 Å². The summed E-state index contributed by atoms with van der Waals surface area (Å²) in [6, 6.07) is 6.47. The molecule has 20 heavy (non-hydrogen) atoms. The Morgan fingerprint density at radius 1 is 1.25 bits per heavy atom. The Balaban J connectivity index is 2.01. The van der Waals surface area contributed by atoms with Gasteiger partial charge in [-0.2, -0.15) is 0 Å². The van der Waals surface area contributed by atoms with Crippen LogP contribution in [0.4, 0.5) is 0 Å². The lowest BCUT2D eigenvalue weighted by molar-refractivity contribution is -0.122. The van der Waals surface area contributed by atoms with Gasteiger partial charge in [0.1, 0.15) is 5.78 Å². The summed E-state index contributed by atoms with van der Waals surface area (Å²) in [5.74, 6) is 1.68. The Morgan fingerprint density at radius 2 is 2.00 bits per heavy atom. The molecule has 0 bridgehead atoms. The largest absolute Gasteiger partial charge is 0.300 e. The Kier molecular flexibility index (Phi) is 4.94. The van der Waals surface area contributed by atoms with Crippen LogP contribution in [0.2, 0.25) is 0 Å². The van der Waals surface area contributed by atoms with E-state index in [0.717, 1.165) is 43.2 Å². The molecular weight excluding hydrogens is 244 g/mol. The second-order valence-electron chi connectivity index (χ2n) is 5.93. The number of Topliss-reactive ketones (excluding diaryl/α,β-unsaturated/α-hetero) is 1. The number of hydrogen-bond acceptors (Lipinski definition) is 1. The second-order valence-corrected chi connectivity index (χ2v) is 5.93. The molecule has 1 aliphatic carbocycles. The van der Waals surface area contributed by atoms with Gasteiger partial charge in [-0.3, -0.25) is 4.79 Å². The van der Waals surface area contributed by atoms with Crippen molar-refractivity contribution in [2.45, 2.75) is 39.0 Å². The highest BCUT2D eigenvalue weighted by molar-refractivity contribution is 5.79. The topological polar surface area (TPSA) is 17.1 Å². The molecule has 2 unspecified atom stereocenters. The minimum Gasteiger partial charge on any atom is -0.300 e. The van der Waals surface area contributed by atoms with Crippen molar-refractivity contribution in [3.8, 4) is 0 Å². The van der Waals surface area contributed by atoms with Crippen LogP contribution < -0.4 is 0 Å². The van der Waals surface area contributed by atoms with Gasteiger partial charge in [0.15, 0.2) is 0 Å². The predicted molar refractivity (Wildman–Crippen MR) is 86.5 cm³/mol. The number of carbonyl (C=O) groups is 1. The maximum Gasteiger partial charge on any atom is 0.133 e. The average Bonchev–Trinajstić information content (AvgIpc) is 2.47. The third-order valence-corrected chi connectivity index (χ3v) is 4.57. The van der Waals surface area contributed by atoms with E-state index < -0.39 is 0 Å². The van der Waals surface area contributed by atoms with Crippen LogP contribution in [0.3, 0.4) is 0 Å². The molecule has 0 amide bonds. The van der Waals surface area contributed by atoms with Gasteiger partial charge in [-0.15, -0.1) is 0 Å². The van der Waals surface area contributed by atoms with Gasteiger partial charge in [0.2, 0.25) is 0 Å². The quantitative estimate of drug-likeness (QED) is 0.741. The van der Waals surface area contributed by atoms with Gasteiger partial charge in [-0.05, 0) is 47.8 Å². The molecule has 2 rings (SSSR count). The minimum absolute atomic E-state index is 0.446. The van der Waals surface area contributed by atoms with Gasteiger partial charge in [0, 0.05) is 12.8 Å². The molecule has 0 radical (unpaired) electrons. The molecule has 1 heteroatoms. The van der Waals surface area contributed by atoms with E-state index in [4.69, 9.17) is 0 Å². The molecular formula is C19H24O. The van der Waals surface area contributed by atoms with E-state index in [1.54, 1.807) is 0 Å². The molecule has 0 aromatic heterocycles. The number of aryl methyl sites for hydroxylation is 1. The summed E-state index contributed by atoms with van der Waals surface area (Å²) in [5.41, 5.74) is 3.60. The molecule has 1 nitrogen and oxygen atoms in total. The highest BCUT2D eigenvalue weighted by Gasteiger charge is 2.25. The van der Waals surface area contributed by atoms with Crippen molar-refractivity contribution in [3.05, 3.63) is 48.0 Å². The van der Waals surface area contributed by atoms with Crippen LogP contribution in [0, 0.1) is 11.8 Å². The van der Waals surface area contributed by atoms with Crippen molar-refractivity contribution in [3.63, 3.8) is 0 Å². The fourth-order valence-corrected chi connectivity index (χ4v) is 3.10. The summed E-state index contributed by atoms with van der Waals surface area (Å²) in [6.45, 7) is 9.97. The van der Waals surface area contributed by atoms with Gasteiger partial charge in [-0.1, -0.05) is 50.4 Å². The molecule has 2 atom stereocenters. The van der Waals surface area contributed by atoms with Crippen LogP contribution in [0.5, 0.6) is 0 Å². The van der Waals surface area contributed by atoms with Gasteiger partial charge in [-0.25, -0.2) is 0 Å². The van der Waals surface area contributed by atoms with Crippen LogP contribution >= 0.6 is 0 Å². The van der Waals surface area contributed by atoms with Crippen molar-refractivity contribution >= 4 is 17.9 Å². The van der Waals surface area contributed by atoms with E-state index in [9.17, 15) is 4.79 Å². The zero-order valence-corrected chi connectivity index (χ0v) is 12.4. The molecule has 1 fully saturated rings. The lowest BCUT2D eigenvalue weighted by Gasteiger charge is -2.27. The Hall–Kier alpha value is -1.63. The Bertz CT molecular complexity index is 512. The molecule has 0 saturated heterocycles. The van der Waals surface area contributed by atoms with Crippen LogP contribution in [0.25, 0.3) is 12.2 Å². The third kappa shape index (κ3) is 3.47. The van der Waals surface area contributed by atoms with E-state index in [2.05, 4.69) is 38.3 Å². The smallest absolute Gasteiger partial charge is 0.133 e. The van der Waals surface area contributed by atoms with E-state index >= 15 is 0 Å². The van der Waals surface area contributed by atoms with Gasteiger partial charge < -0.3 is 0 Å². The van der Waals surface area contributed by atoms with Crippen molar-refractivity contribution in [1.29, 1.82) is 0 Å². The van der Waals surface area contributed by atoms with E-state index in [1.807, 2.05) is 12.2 Å². The third-order valence-electron chi connectivity index (χ3n) is 4.57. The van der Waals surface area contributed by atoms with E-state index in [1.165, 1.54) is 5.56 Å². The fourth-order valence-electron chi connectivity index (χ4n) is 3.10. The predicted octanol–water partition coefficient (Wildman–Crippen LogP) is 4.91. The Morgan fingerprint density at radius 3 is 2.70 bits per heavy atom. The summed E-state index contributed by atoms with van der Waals surface area (Å²) in [7, 11) is 0.